The third-order valence-corrected chi connectivity index (χ3v) is 4.01. The van der Waals surface area contributed by atoms with Crippen LogP contribution < -0.4 is 16.6 Å². The van der Waals surface area contributed by atoms with Crippen molar-refractivity contribution in [1.29, 1.82) is 0 Å². The molecule has 0 spiro atoms. The first kappa shape index (κ1) is 18.5. The normalized spacial score (nSPS) is 12.7. The van der Waals surface area contributed by atoms with Gasteiger partial charge in [-0.25, -0.2) is 4.79 Å². The lowest BCUT2D eigenvalue weighted by Gasteiger charge is -2.20. The molecule has 0 saturated heterocycles. The molecule has 0 radical (unpaired) electrons. The van der Waals surface area contributed by atoms with E-state index < -0.39 is 11.2 Å². The van der Waals surface area contributed by atoms with Crippen LogP contribution in [0.3, 0.4) is 0 Å². The summed E-state index contributed by atoms with van der Waals surface area (Å²) >= 11 is 0. The summed E-state index contributed by atoms with van der Waals surface area (Å²) in [6.07, 6.45) is 1.24. The van der Waals surface area contributed by atoms with Crippen LogP contribution in [0, 0.1) is 0 Å². The fourth-order valence-electron chi connectivity index (χ4n) is 2.94. The van der Waals surface area contributed by atoms with Crippen LogP contribution in [0.4, 0.5) is 17.1 Å². The van der Waals surface area contributed by atoms with Gasteiger partial charge in [0, 0.05) is 35.2 Å². The molecule has 0 amide bonds. The fourth-order valence-corrected chi connectivity index (χ4v) is 2.94. The summed E-state index contributed by atoms with van der Waals surface area (Å²) in [5.74, 6) is 0. The van der Waals surface area contributed by atoms with Gasteiger partial charge in [-0.05, 0) is 33.2 Å². The minimum atomic E-state index is -0.581. The molecule has 3 rings (SSSR count). The van der Waals surface area contributed by atoms with Crippen LogP contribution in [0.25, 0.3) is 10.8 Å². The van der Waals surface area contributed by atoms with Crippen LogP contribution in [0.2, 0.25) is 0 Å². The monoisotopic (exact) mass is 366 g/mol. The summed E-state index contributed by atoms with van der Waals surface area (Å²) in [6, 6.07) is 12.0. The molecule has 3 aromatic rings. The molecule has 140 valence electrons. The number of hydrogen-bond acceptors (Lipinski definition) is 6. The molecule has 3 N–H and O–H groups in total. The molecule has 0 fully saturated rings. The van der Waals surface area contributed by atoms with Crippen molar-refractivity contribution in [2.24, 2.45) is 10.2 Å². The summed E-state index contributed by atoms with van der Waals surface area (Å²) in [4.78, 5) is 29.5. The minimum absolute atomic E-state index is 0.0421. The number of aromatic nitrogens is 2. The quantitative estimate of drug-likeness (QED) is 0.583. The van der Waals surface area contributed by atoms with Gasteiger partial charge in [-0.15, -0.1) is 10.2 Å². The molecule has 0 saturated carbocycles. The third-order valence-electron chi connectivity index (χ3n) is 4.01. The fraction of sp³-hybridized carbons (Fsp3) is 0.263. The van der Waals surface area contributed by atoms with Crippen LogP contribution in [0.5, 0.6) is 0 Å². The first-order valence-electron chi connectivity index (χ1n) is 8.61. The molecule has 0 aliphatic heterocycles. The highest BCUT2D eigenvalue weighted by Crippen LogP contribution is 2.32. The SMILES string of the molecule is CC(CN(C)C)Nc1ccc(N=Nc2c[nH]c(=O)[nH]c2=O)c2ccccc12. The Balaban J connectivity index is 1.96. The lowest BCUT2D eigenvalue weighted by Crippen LogP contribution is -2.29. The third kappa shape index (κ3) is 4.48. The van der Waals surface area contributed by atoms with Crippen molar-refractivity contribution in [3.63, 3.8) is 0 Å². The van der Waals surface area contributed by atoms with E-state index in [-0.39, 0.29) is 11.7 Å². The Morgan fingerprint density at radius 2 is 1.74 bits per heavy atom. The Kier molecular flexibility index (Phi) is 5.46. The van der Waals surface area contributed by atoms with E-state index in [1.54, 1.807) is 0 Å². The number of azo groups is 1. The van der Waals surface area contributed by atoms with E-state index in [0.717, 1.165) is 23.0 Å². The second-order valence-corrected chi connectivity index (χ2v) is 6.64. The number of rotatable bonds is 6. The molecule has 8 heteroatoms. The summed E-state index contributed by atoms with van der Waals surface area (Å²) in [5.41, 5.74) is 0.539. The Labute approximate surface area is 156 Å². The van der Waals surface area contributed by atoms with Crippen molar-refractivity contribution >= 4 is 27.8 Å². The molecule has 27 heavy (non-hydrogen) atoms. The molecule has 1 heterocycles. The number of aromatic amines is 2. The number of benzene rings is 2. The molecular weight excluding hydrogens is 344 g/mol. The Morgan fingerprint density at radius 1 is 1.04 bits per heavy atom. The predicted molar refractivity (Wildman–Crippen MR) is 107 cm³/mol. The largest absolute Gasteiger partial charge is 0.381 e. The average molecular weight is 366 g/mol. The van der Waals surface area contributed by atoms with E-state index in [0.29, 0.717) is 5.69 Å². The summed E-state index contributed by atoms with van der Waals surface area (Å²) in [7, 11) is 4.08. The zero-order chi connectivity index (χ0) is 19.4. The van der Waals surface area contributed by atoms with Gasteiger partial charge < -0.3 is 15.2 Å². The number of nitrogens with one attached hydrogen (secondary N) is 3. The molecule has 1 aromatic heterocycles. The number of nitrogens with zero attached hydrogens (tertiary/aromatic N) is 3. The lowest BCUT2D eigenvalue weighted by molar-refractivity contribution is 0.392. The first-order chi connectivity index (χ1) is 12.9. The lowest BCUT2D eigenvalue weighted by atomic mass is 10.1. The zero-order valence-electron chi connectivity index (χ0n) is 15.5. The van der Waals surface area contributed by atoms with Crippen LogP contribution in [0.15, 0.2) is 62.4 Å². The number of likely N-dealkylation sites (N-methyl/N-ethyl adjacent to an activating group) is 1. The average Bonchev–Trinajstić information content (AvgIpc) is 2.61. The van der Waals surface area contributed by atoms with Crippen molar-refractivity contribution in [3.8, 4) is 0 Å². The van der Waals surface area contributed by atoms with Crippen molar-refractivity contribution in [1.82, 2.24) is 14.9 Å². The van der Waals surface area contributed by atoms with Crippen LogP contribution >= 0.6 is 0 Å². The van der Waals surface area contributed by atoms with E-state index in [1.165, 1.54) is 6.20 Å². The Morgan fingerprint density at radius 3 is 2.44 bits per heavy atom. The maximum atomic E-state index is 11.7. The predicted octanol–water partition coefficient (Wildman–Crippen LogP) is 2.99. The number of H-pyrrole nitrogens is 2. The molecule has 0 aliphatic carbocycles. The van der Waals surface area contributed by atoms with Crippen LogP contribution in [-0.4, -0.2) is 41.5 Å². The van der Waals surface area contributed by atoms with Gasteiger partial charge in [0.1, 0.15) is 0 Å². The topological polar surface area (TPSA) is 106 Å². The minimum Gasteiger partial charge on any atom is -0.381 e. The molecule has 0 aliphatic rings. The molecule has 2 aromatic carbocycles. The van der Waals surface area contributed by atoms with E-state index >= 15 is 0 Å². The molecule has 0 bridgehead atoms. The van der Waals surface area contributed by atoms with Crippen LogP contribution in [0.1, 0.15) is 6.92 Å². The maximum Gasteiger partial charge on any atom is 0.325 e. The van der Waals surface area contributed by atoms with Gasteiger partial charge in [-0.3, -0.25) is 9.78 Å². The first-order valence-corrected chi connectivity index (χ1v) is 8.61. The standard InChI is InChI=1S/C19H22N6O2/c1-12(11-25(2)3)21-15-8-9-16(14-7-5-4-6-13(14)15)23-24-17-10-20-19(27)22-18(17)26/h4-10,12,21H,11H2,1-3H3,(H2,20,22,26,27). The van der Waals surface area contributed by atoms with Crippen molar-refractivity contribution < 1.29 is 0 Å². The Bertz CT molecular complexity index is 1080. The van der Waals surface area contributed by atoms with E-state index in [4.69, 9.17) is 0 Å². The molecule has 8 nitrogen and oxygen atoms in total. The van der Waals surface area contributed by atoms with E-state index in [9.17, 15) is 9.59 Å². The molecule has 1 atom stereocenters. The van der Waals surface area contributed by atoms with Gasteiger partial charge in [0.25, 0.3) is 5.56 Å². The van der Waals surface area contributed by atoms with Gasteiger partial charge >= 0.3 is 5.69 Å². The summed E-state index contributed by atoms with van der Waals surface area (Å²) < 4.78 is 0. The Hall–Kier alpha value is -3.26. The van der Waals surface area contributed by atoms with Crippen molar-refractivity contribution in [2.45, 2.75) is 13.0 Å². The smallest absolute Gasteiger partial charge is 0.325 e. The summed E-state index contributed by atoms with van der Waals surface area (Å²) in [5, 5.41) is 13.7. The second kappa shape index (κ2) is 7.96. The molecular formula is C19H22N6O2. The second-order valence-electron chi connectivity index (χ2n) is 6.64. The highest BCUT2D eigenvalue weighted by molar-refractivity contribution is 6.00. The van der Waals surface area contributed by atoms with Gasteiger partial charge in [0.05, 0.1) is 5.69 Å². The number of anilines is 1. The highest BCUT2D eigenvalue weighted by Gasteiger charge is 2.09. The molecule has 1 unspecified atom stereocenters. The van der Waals surface area contributed by atoms with Gasteiger partial charge in [-0.2, -0.15) is 0 Å². The highest BCUT2D eigenvalue weighted by atomic mass is 16.2. The van der Waals surface area contributed by atoms with Crippen LogP contribution in [-0.2, 0) is 0 Å². The van der Waals surface area contributed by atoms with Gasteiger partial charge in [-0.1, -0.05) is 24.3 Å². The van der Waals surface area contributed by atoms with Gasteiger partial charge in [0.15, 0.2) is 5.69 Å². The van der Waals surface area contributed by atoms with Gasteiger partial charge in [0.2, 0.25) is 0 Å². The van der Waals surface area contributed by atoms with Crippen molar-refractivity contribution in [2.75, 3.05) is 26.0 Å². The summed E-state index contributed by atoms with van der Waals surface area (Å²) in [6.45, 7) is 3.04. The van der Waals surface area contributed by atoms with Crippen molar-refractivity contribution in [3.05, 3.63) is 63.4 Å². The zero-order valence-corrected chi connectivity index (χ0v) is 15.5. The van der Waals surface area contributed by atoms with E-state index in [1.807, 2.05) is 50.5 Å². The number of hydrogen-bond donors (Lipinski definition) is 3. The number of fused-ring (bicyclic) bond motifs is 1. The maximum absolute atomic E-state index is 11.7. The van der Waals surface area contributed by atoms with E-state index in [2.05, 4.69) is 37.3 Å².